The van der Waals surface area contributed by atoms with Crippen LogP contribution in [0.1, 0.15) is 23.8 Å². The number of benzene rings is 3. The maximum absolute atomic E-state index is 11.5. The fourth-order valence-corrected chi connectivity index (χ4v) is 5.90. The van der Waals surface area contributed by atoms with Gasteiger partial charge in [0.2, 0.25) is 10.0 Å². The molecular weight excluding hydrogens is 426 g/mol. The summed E-state index contributed by atoms with van der Waals surface area (Å²) in [5.41, 5.74) is 4.51. The molecule has 0 unspecified atom stereocenters. The molecular formula is C24H23N3O2S2. The van der Waals surface area contributed by atoms with Crippen molar-refractivity contribution in [3.63, 3.8) is 0 Å². The molecule has 0 aliphatic carbocycles. The molecule has 0 bridgehead atoms. The molecule has 1 saturated heterocycles. The first-order valence-electron chi connectivity index (χ1n) is 10.3. The Morgan fingerprint density at radius 1 is 0.903 bits per heavy atom. The average Bonchev–Trinajstić information content (AvgIpc) is 3.24. The molecule has 4 aromatic rings. The number of sulfonamides is 1. The van der Waals surface area contributed by atoms with Crippen LogP contribution in [0.3, 0.4) is 0 Å². The number of aromatic nitrogens is 1. The first-order valence-corrected chi connectivity index (χ1v) is 12.7. The van der Waals surface area contributed by atoms with Crippen LogP contribution < -0.4 is 10.0 Å². The first kappa shape index (κ1) is 20.2. The highest BCUT2D eigenvalue weighted by molar-refractivity contribution is 7.89. The minimum Gasteiger partial charge on any atom is -0.371 e. The van der Waals surface area contributed by atoms with Crippen LogP contribution in [0.15, 0.2) is 77.7 Å². The van der Waals surface area contributed by atoms with Crippen LogP contribution in [-0.2, 0) is 10.0 Å². The van der Waals surface area contributed by atoms with Gasteiger partial charge in [0.15, 0.2) is 0 Å². The number of fused-ring (bicyclic) bond motifs is 1. The number of primary sulfonamides is 1. The second-order valence-electron chi connectivity index (χ2n) is 7.87. The number of hydrogen-bond acceptors (Lipinski definition) is 5. The van der Waals surface area contributed by atoms with Gasteiger partial charge in [-0.05, 0) is 48.7 Å². The van der Waals surface area contributed by atoms with E-state index in [2.05, 4.69) is 47.4 Å². The van der Waals surface area contributed by atoms with E-state index in [1.165, 1.54) is 20.8 Å². The molecule has 158 valence electrons. The van der Waals surface area contributed by atoms with Crippen molar-refractivity contribution < 1.29 is 8.42 Å². The molecule has 1 aliphatic rings. The van der Waals surface area contributed by atoms with Gasteiger partial charge in [-0.3, -0.25) is 0 Å². The van der Waals surface area contributed by atoms with Crippen molar-refractivity contribution in [1.82, 2.24) is 4.98 Å². The van der Waals surface area contributed by atoms with Crippen molar-refractivity contribution in [3.05, 3.63) is 77.8 Å². The lowest BCUT2D eigenvalue weighted by atomic mass is 9.97. The molecule has 0 amide bonds. The Bertz CT molecular complexity index is 1310. The summed E-state index contributed by atoms with van der Waals surface area (Å²) in [6, 6.07) is 23.7. The highest BCUT2D eigenvalue weighted by Gasteiger charge is 2.24. The van der Waals surface area contributed by atoms with Crippen LogP contribution in [-0.4, -0.2) is 26.5 Å². The van der Waals surface area contributed by atoms with E-state index < -0.39 is 10.0 Å². The smallest absolute Gasteiger partial charge is 0.238 e. The monoisotopic (exact) mass is 449 g/mol. The van der Waals surface area contributed by atoms with E-state index in [0.717, 1.165) is 37.1 Å². The molecule has 0 saturated carbocycles. The van der Waals surface area contributed by atoms with Gasteiger partial charge in [-0.25, -0.2) is 18.5 Å². The van der Waals surface area contributed by atoms with Gasteiger partial charge in [0, 0.05) is 30.3 Å². The van der Waals surface area contributed by atoms with Crippen LogP contribution in [0.5, 0.6) is 0 Å². The van der Waals surface area contributed by atoms with E-state index in [1.807, 2.05) is 18.2 Å². The quantitative estimate of drug-likeness (QED) is 0.476. The zero-order valence-corrected chi connectivity index (χ0v) is 18.6. The Morgan fingerprint density at radius 3 is 2.29 bits per heavy atom. The lowest BCUT2D eigenvalue weighted by Crippen LogP contribution is -2.32. The van der Waals surface area contributed by atoms with E-state index in [4.69, 9.17) is 10.1 Å². The average molecular weight is 450 g/mol. The molecule has 5 rings (SSSR count). The molecule has 0 radical (unpaired) electrons. The minimum atomic E-state index is -3.66. The minimum absolute atomic E-state index is 0.148. The normalized spacial score (nSPS) is 15.5. The molecule has 31 heavy (non-hydrogen) atoms. The summed E-state index contributed by atoms with van der Waals surface area (Å²) < 4.78 is 24.2. The van der Waals surface area contributed by atoms with Gasteiger partial charge in [-0.1, -0.05) is 42.5 Å². The molecule has 0 atom stereocenters. The molecule has 1 aromatic heterocycles. The van der Waals surface area contributed by atoms with Gasteiger partial charge < -0.3 is 4.90 Å². The SMILES string of the molecule is NS(=O)(=O)c1ccc(N2CCC(c3nc4c(-c5ccccc5)cccc4s3)CC2)cc1. The predicted molar refractivity (Wildman–Crippen MR) is 127 cm³/mol. The van der Waals surface area contributed by atoms with E-state index in [9.17, 15) is 8.42 Å². The van der Waals surface area contributed by atoms with Gasteiger partial charge >= 0.3 is 0 Å². The van der Waals surface area contributed by atoms with Crippen LogP contribution >= 0.6 is 11.3 Å². The van der Waals surface area contributed by atoms with Crippen LogP contribution in [0.2, 0.25) is 0 Å². The molecule has 7 heteroatoms. The fraction of sp³-hybridized carbons (Fsp3) is 0.208. The maximum atomic E-state index is 11.5. The zero-order chi connectivity index (χ0) is 21.4. The van der Waals surface area contributed by atoms with E-state index in [0.29, 0.717) is 5.92 Å². The van der Waals surface area contributed by atoms with Crippen molar-refractivity contribution in [2.75, 3.05) is 18.0 Å². The summed E-state index contributed by atoms with van der Waals surface area (Å²) in [7, 11) is -3.66. The third kappa shape index (κ3) is 4.08. The number of rotatable bonds is 4. The third-order valence-corrected chi connectivity index (χ3v) is 8.01. The lowest BCUT2D eigenvalue weighted by Gasteiger charge is -2.32. The van der Waals surface area contributed by atoms with Crippen LogP contribution in [0, 0.1) is 0 Å². The Balaban J connectivity index is 1.34. The molecule has 5 nitrogen and oxygen atoms in total. The Morgan fingerprint density at radius 2 is 1.61 bits per heavy atom. The van der Waals surface area contributed by atoms with Crippen molar-refractivity contribution in [2.45, 2.75) is 23.7 Å². The van der Waals surface area contributed by atoms with Crippen molar-refractivity contribution in [3.8, 4) is 11.1 Å². The number of hydrogen-bond donors (Lipinski definition) is 1. The topological polar surface area (TPSA) is 76.3 Å². The third-order valence-electron chi connectivity index (χ3n) is 5.89. The van der Waals surface area contributed by atoms with Gasteiger partial charge in [-0.2, -0.15) is 0 Å². The Hall–Kier alpha value is -2.74. The van der Waals surface area contributed by atoms with E-state index >= 15 is 0 Å². The summed E-state index contributed by atoms with van der Waals surface area (Å²) in [6.45, 7) is 1.84. The number of thiazole rings is 1. The molecule has 1 fully saturated rings. The van der Waals surface area contributed by atoms with Crippen molar-refractivity contribution >= 4 is 37.3 Å². The van der Waals surface area contributed by atoms with E-state index in [-0.39, 0.29) is 4.90 Å². The summed E-state index contributed by atoms with van der Waals surface area (Å²) >= 11 is 1.80. The molecule has 0 spiro atoms. The summed E-state index contributed by atoms with van der Waals surface area (Å²) in [5, 5.41) is 6.41. The first-order chi connectivity index (χ1) is 15.0. The van der Waals surface area contributed by atoms with Crippen molar-refractivity contribution in [1.29, 1.82) is 0 Å². The summed E-state index contributed by atoms with van der Waals surface area (Å²) in [5.74, 6) is 0.445. The highest BCUT2D eigenvalue weighted by atomic mass is 32.2. The molecule has 2 N–H and O–H groups in total. The largest absolute Gasteiger partial charge is 0.371 e. The van der Waals surface area contributed by atoms with Gasteiger partial charge in [0.1, 0.15) is 0 Å². The number of para-hydroxylation sites is 1. The second-order valence-corrected chi connectivity index (χ2v) is 10.5. The number of nitrogens with two attached hydrogens (primary N) is 1. The van der Waals surface area contributed by atoms with E-state index in [1.54, 1.807) is 23.5 Å². The van der Waals surface area contributed by atoms with Gasteiger partial charge in [-0.15, -0.1) is 11.3 Å². The Labute approximate surface area is 186 Å². The molecule has 2 heterocycles. The predicted octanol–water partition coefficient (Wildman–Crippen LogP) is 4.99. The second kappa shape index (κ2) is 8.07. The van der Waals surface area contributed by atoms with Crippen LogP contribution in [0.25, 0.3) is 21.3 Å². The maximum Gasteiger partial charge on any atom is 0.238 e. The Kier molecular flexibility index (Phi) is 5.25. The van der Waals surface area contributed by atoms with Gasteiger partial charge in [0.25, 0.3) is 0 Å². The summed E-state index contributed by atoms with van der Waals surface area (Å²) in [4.78, 5) is 7.51. The number of anilines is 1. The zero-order valence-electron chi connectivity index (χ0n) is 16.9. The van der Waals surface area contributed by atoms with Crippen LogP contribution in [0.4, 0.5) is 5.69 Å². The van der Waals surface area contributed by atoms with Crippen molar-refractivity contribution in [2.24, 2.45) is 5.14 Å². The highest BCUT2D eigenvalue weighted by Crippen LogP contribution is 2.38. The lowest BCUT2D eigenvalue weighted by molar-refractivity contribution is 0.504. The number of nitrogens with zero attached hydrogens (tertiary/aromatic N) is 2. The molecule has 1 aliphatic heterocycles. The number of piperidine rings is 1. The fourth-order valence-electron chi connectivity index (χ4n) is 4.22. The summed E-state index contributed by atoms with van der Waals surface area (Å²) in [6.07, 6.45) is 2.05. The van der Waals surface area contributed by atoms with Gasteiger partial charge in [0.05, 0.1) is 20.1 Å². The standard InChI is InChI=1S/C24H23N3O2S2/c25-31(28,29)20-11-9-19(10-12-20)27-15-13-18(14-16-27)24-26-23-21(7-4-8-22(23)30-24)17-5-2-1-3-6-17/h1-12,18H,13-16H2,(H2,25,28,29). The molecule has 3 aromatic carbocycles.